The topological polar surface area (TPSA) is 64.9 Å². The van der Waals surface area contributed by atoms with E-state index < -0.39 is 5.82 Å². The minimum atomic E-state index is -0.469. The third-order valence-electron chi connectivity index (χ3n) is 2.86. The van der Waals surface area contributed by atoms with Gasteiger partial charge in [-0.15, -0.1) is 5.10 Å². The molecule has 0 atom stereocenters. The third kappa shape index (κ3) is 2.87. The lowest BCUT2D eigenvalue weighted by atomic mass is 10.2. The van der Waals surface area contributed by atoms with E-state index in [2.05, 4.69) is 20.4 Å². The molecule has 1 fully saturated rings. The molecule has 0 unspecified atom stereocenters. The fraction of sp³-hybridized carbons (Fsp3) is 0.417. The molecule has 2 heterocycles. The minimum Gasteiger partial charge on any atom is -0.401 e. The van der Waals surface area contributed by atoms with Crippen LogP contribution in [0.3, 0.4) is 0 Å². The highest BCUT2D eigenvalue weighted by molar-refractivity contribution is 5.25. The van der Waals surface area contributed by atoms with Crippen LogP contribution in [0, 0.1) is 5.82 Å². The summed E-state index contributed by atoms with van der Waals surface area (Å²) in [6.07, 6.45) is 5.32. The maximum Gasteiger partial charge on any atom is 0.342 e. The Balaban J connectivity index is 1.74. The van der Waals surface area contributed by atoms with Gasteiger partial charge in [0.05, 0.1) is 0 Å². The van der Waals surface area contributed by atoms with Crippen LogP contribution in [0.15, 0.2) is 18.6 Å². The quantitative estimate of drug-likeness (QED) is 0.883. The predicted octanol–water partition coefficient (Wildman–Crippen LogP) is 1.39. The first-order chi connectivity index (χ1) is 9.22. The number of rotatable bonds is 5. The summed E-state index contributed by atoms with van der Waals surface area (Å²) in [6, 6.07) is 2.25. The van der Waals surface area contributed by atoms with Crippen LogP contribution in [-0.2, 0) is 13.6 Å². The van der Waals surface area contributed by atoms with Gasteiger partial charge in [0.2, 0.25) is 0 Å². The highest BCUT2D eigenvalue weighted by Crippen LogP contribution is 2.23. The average molecular weight is 263 g/mol. The van der Waals surface area contributed by atoms with Crippen molar-refractivity contribution < 1.29 is 9.13 Å². The van der Waals surface area contributed by atoms with E-state index >= 15 is 0 Å². The van der Waals surface area contributed by atoms with Gasteiger partial charge in [-0.25, -0.2) is 9.37 Å². The van der Waals surface area contributed by atoms with Crippen LogP contribution in [0.1, 0.15) is 18.4 Å². The lowest BCUT2D eigenvalue weighted by molar-refractivity contribution is 0.388. The van der Waals surface area contributed by atoms with Gasteiger partial charge >= 0.3 is 6.01 Å². The Morgan fingerprint density at radius 3 is 3.00 bits per heavy atom. The van der Waals surface area contributed by atoms with E-state index in [-0.39, 0.29) is 11.9 Å². The Hall–Kier alpha value is -2.02. The lowest BCUT2D eigenvalue weighted by Gasteiger charge is -2.07. The molecule has 0 aliphatic heterocycles. The lowest BCUT2D eigenvalue weighted by Crippen LogP contribution is -2.16. The Kier molecular flexibility index (Phi) is 3.12. The summed E-state index contributed by atoms with van der Waals surface area (Å²) < 4.78 is 20.9. The molecule has 2 aromatic rings. The fourth-order valence-corrected chi connectivity index (χ4v) is 1.66. The summed E-state index contributed by atoms with van der Waals surface area (Å²) in [6.45, 7) is 0.477. The fourth-order valence-electron chi connectivity index (χ4n) is 1.66. The largest absolute Gasteiger partial charge is 0.401 e. The second kappa shape index (κ2) is 4.93. The average Bonchev–Trinajstić information content (AvgIpc) is 3.13. The summed E-state index contributed by atoms with van der Waals surface area (Å²) in [7, 11) is 1.71. The Bertz CT molecular complexity index is 581. The van der Waals surface area contributed by atoms with Crippen molar-refractivity contribution in [2.75, 3.05) is 0 Å². The molecule has 0 saturated heterocycles. The number of pyridine rings is 1. The Morgan fingerprint density at radius 2 is 2.32 bits per heavy atom. The molecule has 7 heteroatoms. The number of aryl methyl sites for hydroxylation is 1. The molecule has 0 spiro atoms. The molecular weight excluding hydrogens is 249 g/mol. The Labute approximate surface area is 109 Å². The molecule has 1 saturated carbocycles. The van der Waals surface area contributed by atoms with Gasteiger partial charge < -0.3 is 10.1 Å². The molecule has 0 aromatic carbocycles. The van der Waals surface area contributed by atoms with Crippen molar-refractivity contribution in [3.8, 4) is 11.9 Å². The van der Waals surface area contributed by atoms with Crippen molar-refractivity contribution in [2.45, 2.75) is 25.4 Å². The normalized spacial score (nSPS) is 14.6. The van der Waals surface area contributed by atoms with Gasteiger partial charge in [0.15, 0.2) is 5.82 Å². The molecule has 19 heavy (non-hydrogen) atoms. The second-order valence-electron chi connectivity index (χ2n) is 4.55. The highest BCUT2D eigenvalue weighted by Gasteiger charge is 2.21. The van der Waals surface area contributed by atoms with Crippen molar-refractivity contribution in [2.24, 2.45) is 7.05 Å². The number of nitrogens with one attached hydrogen (secondary N) is 1. The predicted molar refractivity (Wildman–Crippen MR) is 65.1 cm³/mol. The zero-order chi connectivity index (χ0) is 13.2. The first-order valence-corrected chi connectivity index (χ1v) is 6.12. The number of hydrogen-bond donors (Lipinski definition) is 1. The van der Waals surface area contributed by atoms with Crippen LogP contribution < -0.4 is 10.1 Å². The molecule has 2 aromatic heterocycles. The minimum absolute atomic E-state index is 0.0844. The van der Waals surface area contributed by atoms with Crippen molar-refractivity contribution in [1.82, 2.24) is 25.1 Å². The molecule has 100 valence electrons. The van der Waals surface area contributed by atoms with E-state index in [1.54, 1.807) is 13.1 Å². The maximum atomic E-state index is 14.1. The molecular formula is C12H14FN5O. The first kappa shape index (κ1) is 12.0. The monoisotopic (exact) mass is 263 g/mol. The molecule has 6 nitrogen and oxygen atoms in total. The number of halogens is 1. The standard InChI is InChI=1S/C12H14FN5O/c1-18-7-16-12(17-18)19-11-10(13)8(4-5-14-11)6-15-9-2-3-9/h4-5,7,9,15H,2-3,6H2,1H3. The van der Waals surface area contributed by atoms with Crippen LogP contribution in [0.2, 0.25) is 0 Å². The summed E-state index contributed by atoms with van der Waals surface area (Å²) >= 11 is 0. The molecule has 1 N–H and O–H groups in total. The number of aromatic nitrogens is 4. The number of nitrogens with zero attached hydrogens (tertiary/aromatic N) is 4. The van der Waals surface area contributed by atoms with Crippen LogP contribution in [0.4, 0.5) is 4.39 Å². The van der Waals surface area contributed by atoms with Crippen molar-refractivity contribution >= 4 is 0 Å². The van der Waals surface area contributed by atoms with Gasteiger partial charge in [-0.2, -0.15) is 4.98 Å². The molecule has 1 aliphatic rings. The third-order valence-corrected chi connectivity index (χ3v) is 2.86. The van der Waals surface area contributed by atoms with E-state index in [0.29, 0.717) is 18.2 Å². The van der Waals surface area contributed by atoms with Gasteiger partial charge in [-0.05, 0) is 18.9 Å². The van der Waals surface area contributed by atoms with Crippen molar-refractivity contribution in [1.29, 1.82) is 0 Å². The maximum absolute atomic E-state index is 14.1. The smallest absolute Gasteiger partial charge is 0.342 e. The van der Waals surface area contributed by atoms with Gasteiger partial charge in [-0.1, -0.05) is 0 Å². The van der Waals surface area contributed by atoms with Crippen LogP contribution in [-0.4, -0.2) is 25.8 Å². The van der Waals surface area contributed by atoms with Crippen molar-refractivity contribution in [3.05, 3.63) is 30.0 Å². The van der Waals surface area contributed by atoms with E-state index in [9.17, 15) is 4.39 Å². The van der Waals surface area contributed by atoms with E-state index in [1.165, 1.54) is 17.2 Å². The number of ether oxygens (including phenoxy) is 1. The molecule has 0 amide bonds. The van der Waals surface area contributed by atoms with Gasteiger partial charge in [0.1, 0.15) is 6.33 Å². The Morgan fingerprint density at radius 1 is 1.47 bits per heavy atom. The zero-order valence-corrected chi connectivity index (χ0v) is 10.5. The molecule has 0 radical (unpaired) electrons. The van der Waals surface area contributed by atoms with Crippen molar-refractivity contribution in [3.63, 3.8) is 0 Å². The summed E-state index contributed by atoms with van der Waals surface area (Å²) in [5.41, 5.74) is 0.535. The van der Waals surface area contributed by atoms with Crippen LogP contribution >= 0.6 is 0 Å². The van der Waals surface area contributed by atoms with E-state index in [4.69, 9.17) is 4.74 Å². The van der Waals surface area contributed by atoms with E-state index in [1.807, 2.05) is 0 Å². The number of hydrogen-bond acceptors (Lipinski definition) is 5. The first-order valence-electron chi connectivity index (χ1n) is 6.12. The van der Waals surface area contributed by atoms with Gasteiger partial charge in [0, 0.05) is 31.4 Å². The molecule has 0 bridgehead atoms. The summed E-state index contributed by atoms with van der Waals surface area (Å²) in [5.74, 6) is -0.565. The van der Waals surface area contributed by atoms with Crippen LogP contribution in [0.25, 0.3) is 0 Å². The van der Waals surface area contributed by atoms with E-state index in [0.717, 1.165) is 12.8 Å². The van der Waals surface area contributed by atoms with Crippen LogP contribution in [0.5, 0.6) is 11.9 Å². The SMILES string of the molecule is Cn1cnc(Oc2nccc(CNC3CC3)c2F)n1. The van der Waals surface area contributed by atoms with Gasteiger partial charge in [0.25, 0.3) is 5.88 Å². The highest BCUT2D eigenvalue weighted by atomic mass is 19.1. The summed E-state index contributed by atoms with van der Waals surface area (Å²) in [5, 5.41) is 7.17. The van der Waals surface area contributed by atoms with Gasteiger partial charge in [-0.3, -0.25) is 4.68 Å². The molecule has 1 aliphatic carbocycles. The second-order valence-corrected chi connectivity index (χ2v) is 4.55. The summed E-state index contributed by atoms with van der Waals surface area (Å²) in [4.78, 5) is 7.75. The molecule has 3 rings (SSSR count). The zero-order valence-electron chi connectivity index (χ0n) is 10.5.